The summed E-state index contributed by atoms with van der Waals surface area (Å²) in [6, 6.07) is 16.0. The summed E-state index contributed by atoms with van der Waals surface area (Å²) < 4.78 is 18.6. The fourth-order valence-electron chi connectivity index (χ4n) is 1.80. The molecule has 0 saturated carbocycles. The number of hydrogen-bond donors (Lipinski definition) is 1. The fraction of sp³-hybridized carbons (Fsp3) is 0.0667. The Bertz CT molecular complexity index is 697. The third-order valence-corrected chi connectivity index (χ3v) is 2.80. The first-order valence-electron chi connectivity index (χ1n) is 6.19. The minimum absolute atomic E-state index is 0.303. The zero-order valence-corrected chi connectivity index (χ0v) is 10.6. The zero-order valence-electron chi connectivity index (χ0n) is 10.6. The first-order valence-corrected chi connectivity index (χ1v) is 6.19. The lowest BCUT2D eigenvalue weighted by Gasteiger charge is -2.03. The molecular weight excluding hydrogens is 257 g/mol. The monoisotopic (exact) mass is 269 g/mol. The number of nitrogens with zero attached hydrogens (tertiary/aromatic N) is 2. The summed E-state index contributed by atoms with van der Waals surface area (Å²) in [5.41, 5.74) is 1.27. The Balaban J connectivity index is 1.71. The van der Waals surface area contributed by atoms with Crippen molar-refractivity contribution in [2.45, 2.75) is 6.54 Å². The summed E-state index contributed by atoms with van der Waals surface area (Å²) in [6.07, 6.45) is 0. The van der Waals surface area contributed by atoms with Crippen LogP contribution in [0.15, 0.2) is 59.1 Å². The molecule has 3 aromatic rings. The van der Waals surface area contributed by atoms with E-state index >= 15 is 0 Å². The molecule has 0 bridgehead atoms. The van der Waals surface area contributed by atoms with E-state index in [1.54, 1.807) is 18.2 Å². The number of halogens is 1. The van der Waals surface area contributed by atoms with E-state index in [0.717, 1.165) is 5.56 Å². The first kappa shape index (κ1) is 12.3. The highest BCUT2D eigenvalue weighted by atomic mass is 19.1. The van der Waals surface area contributed by atoms with Gasteiger partial charge >= 0.3 is 0 Å². The van der Waals surface area contributed by atoms with Crippen molar-refractivity contribution < 1.29 is 8.91 Å². The van der Waals surface area contributed by atoms with Crippen LogP contribution >= 0.6 is 0 Å². The summed E-state index contributed by atoms with van der Waals surface area (Å²) >= 11 is 0. The maximum absolute atomic E-state index is 13.4. The molecule has 0 aliphatic carbocycles. The van der Waals surface area contributed by atoms with E-state index in [-0.39, 0.29) is 5.82 Å². The average Bonchev–Trinajstić information content (AvgIpc) is 2.96. The van der Waals surface area contributed by atoms with E-state index in [2.05, 4.69) is 15.5 Å². The predicted molar refractivity (Wildman–Crippen MR) is 73.5 cm³/mol. The van der Waals surface area contributed by atoms with Crippen LogP contribution in [0.1, 0.15) is 5.82 Å². The molecule has 1 heterocycles. The molecule has 0 saturated heterocycles. The molecule has 0 atom stereocenters. The maximum atomic E-state index is 13.4. The predicted octanol–water partition coefficient (Wildman–Crippen LogP) is 3.49. The molecule has 5 heteroatoms. The van der Waals surface area contributed by atoms with Crippen molar-refractivity contribution in [2.75, 3.05) is 5.32 Å². The van der Waals surface area contributed by atoms with Gasteiger partial charge < -0.3 is 9.84 Å². The largest absolute Gasteiger partial charge is 0.375 e. The molecule has 4 nitrogen and oxygen atoms in total. The number of hydrogen-bond acceptors (Lipinski definition) is 4. The van der Waals surface area contributed by atoms with Crippen LogP contribution in [0.5, 0.6) is 0 Å². The van der Waals surface area contributed by atoms with Gasteiger partial charge in [-0.25, -0.2) is 4.39 Å². The summed E-state index contributed by atoms with van der Waals surface area (Å²) in [5.74, 6) is 0.627. The van der Waals surface area contributed by atoms with Crippen molar-refractivity contribution >= 4 is 5.69 Å². The second kappa shape index (κ2) is 5.52. The number of nitrogens with one attached hydrogen (secondary N) is 1. The van der Waals surface area contributed by atoms with Crippen LogP contribution in [0, 0.1) is 5.82 Å². The van der Waals surface area contributed by atoms with Gasteiger partial charge in [0.15, 0.2) is 5.82 Å². The van der Waals surface area contributed by atoms with E-state index in [0.29, 0.717) is 23.9 Å². The Morgan fingerprint density at radius 1 is 1.00 bits per heavy atom. The van der Waals surface area contributed by atoms with Crippen molar-refractivity contribution in [2.24, 2.45) is 0 Å². The standard InChI is InChI=1S/C15H12FN3O/c16-12-8-4-5-9-13(12)17-10-14-18-15(20-19-14)11-6-2-1-3-7-11/h1-9,17H,10H2. The molecular formula is C15H12FN3O. The van der Waals surface area contributed by atoms with Crippen molar-refractivity contribution in [3.63, 3.8) is 0 Å². The smallest absolute Gasteiger partial charge is 0.257 e. The Morgan fingerprint density at radius 3 is 2.55 bits per heavy atom. The van der Waals surface area contributed by atoms with E-state index in [1.807, 2.05) is 30.3 Å². The highest BCUT2D eigenvalue weighted by Gasteiger charge is 2.08. The van der Waals surface area contributed by atoms with Gasteiger partial charge in [0.1, 0.15) is 5.82 Å². The first-order chi connectivity index (χ1) is 9.83. The molecule has 0 fully saturated rings. The van der Waals surface area contributed by atoms with Crippen LogP contribution in [0.3, 0.4) is 0 Å². The summed E-state index contributed by atoms with van der Waals surface area (Å²) in [5, 5.41) is 6.80. The number of benzene rings is 2. The van der Waals surface area contributed by atoms with Crippen molar-refractivity contribution in [1.29, 1.82) is 0 Å². The molecule has 2 aromatic carbocycles. The SMILES string of the molecule is Fc1ccccc1NCc1noc(-c2ccccc2)n1. The quantitative estimate of drug-likeness (QED) is 0.787. The van der Waals surface area contributed by atoms with Crippen LogP contribution in [-0.2, 0) is 6.54 Å². The molecule has 0 radical (unpaired) electrons. The Hall–Kier alpha value is -2.69. The van der Waals surface area contributed by atoms with E-state index in [4.69, 9.17) is 4.52 Å². The molecule has 1 aromatic heterocycles. The molecule has 0 unspecified atom stereocenters. The average molecular weight is 269 g/mol. The molecule has 1 N–H and O–H groups in total. The summed E-state index contributed by atoms with van der Waals surface area (Å²) in [4.78, 5) is 4.26. The molecule has 100 valence electrons. The van der Waals surface area contributed by atoms with Gasteiger partial charge in [0.05, 0.1) is 12.2 Å². The van der Waals surface area contributed by atoms with Crippen molar-refractivity contribution in [3.05, 3.63) is 66.2 Å². The normalized spacial score (nSPS) is 10.4. The maximum Gasteiger partial charge on any atom is 0.257 e. The van der Waals surface area contributed by atoms with E-state index < -0.39 is 0 Å². The second-order valence-corrected chi connectivity index (χ2v) is 4.22. The topological polar surface area (TPSA) is 51.0 Å². The Labute approximate surface area is 115 Å². The Kier molecular flexibility index (Phi) is 3.41. The van der Waals surface area contributed by atoms with Crippen molar-refractivity contribution in [1.82, 2.24) is 10.1 Å². The van der Waals surface area contributed by atoms with Crippen LogP contribution in [0.2, 0.25) is 0 Å². The minimum Gasteiger partial charge on any atom is -0.375 e. The molecule has 0 amide bonds. The molecule has 0 aliphatic heterocycles. The van der Waals surface area contributed by atoms with Crippen LogP contribution in [-0.4, -0.2) is 10.1 Å². The van der Waals surface area contributed by atoms with Crippen LogP contribution in [0.25, 0.3) is 11.5 Å². The van der Waals surface area contributed by atoms with Gasteiger partial charge in [0.2, 0.25) is 0 Å². The minimum atomic E-state index is -0.306. The van der Waals surface area contributed by atoms with Crippen LogP contribution < -0.4 is 5.32 Å². The van der Waals surface area contributed by atoms with Gasteiger partial charge in [-0.1, -0.05) is 35.5 Å². The fourth-order valence-corrected chi connectivity index (χ4v) is 1.80. The lowest BCUT2D eigenvalue weighted by molar-refractivity contribution is 0.423. The number of anilines is 1. The van der Waals surface area contributed by atoms with Crippen molar-refractivity contribution in [3.8, 4) is 11.5 Å². The highest BCUT2D eigenvalue weighted by Crippen LogP contribution is 2.17. The number of para-hydroxylation sites is 1. The lowest BCUT2D eigenvalue weighted by atomic mass is 10.2. The molecule has 20 heavy (non-hydrogen) atoms. The van der Waals surface area contributed by atoms with Gasteiger partial charge in [-0.3, -0.25) is 0 Å². The molecule has 3 rings (SSSR count). The summed E-state index contributed by atoms with van der Waals surface area (Å²) in [7, 11) is 0. The van der Waals surface area contributed by atoms with E-state index in [9.17, 15) is 4.39 Å². The molecule has 0 spiro atoms. The van der Waals surface area contributed by atoms with Gasteiger partial charge in [-0.2, -0.15) is 4.98 Å². The molecule has 0 aliphatic rings. The number of aromatic nitrogens is 2. The highest BCUT2D eigenvalue weighted by molar-refractivity contribution is 5.52. The lowest BCUT2D eigenvalue weighted by Crippen LogP contribution is -2.02. The second-order valence-electron chi connectivity index (χ2n) is 4.22. The van der Waals surface area contributed by atoms with Gasteiger partial charge in [-0.05, 0) is 24.3 Å². The van der Waals surface area contributed by atoms with Gasteiger partial charge in [0, 0.05) is 5.56 Å². The van der Waals surface area contributed by atoms with Crippen LogP contribution in [0.4, 0.5) is 10.1 Å². The summed E-state index contributed by atoms with van der Waals surface area (Å²) in [6.45, 7) is 0.303. The third-order valence-electron chi connectivity index (χ3n) is 2.80. The van der Waals surface area contributed by atoms with Gasteiger partial charge in [-0.15, -0.1) is 0 Å². The Morgan fingerprint density at radius 2 is 1.75 bits per heavy atom. The van der Waals surface area contributed by atoms with Gasteiger partial charge in [0.25, 0.3) is 5.89 Å². The number of rotatable bonds is 4. The third kappa shape index (κ3) is 2.66. The zero-order chi connectivity index (χ0) is 13.8. The van der Waals surface area contributed by atoms with E-state index in [1.165, 1.54) is 6.07 Å².